The van der Waals surface area contributed by atoms with Crippen molar-refractivity contribution in [2.45, 2.75) is 33.0 Å². The lowest BCUT2D eigenvalue weighted by molar-refractivity contribution is -0.00558. The van der Waals surface area contributed by atoms with Crippen LogP contribution in [0.2, 0.25) is 0 Å². The van der Waals surface area contributed by atoms with Gasteiger partial charge >= 0.3 is 5.97 Å². The molecule has 1 aromatic heterocycles. The minimum absolute atomic E-state index is 0.0608. The van der Waals surface area contributed by atoms with E-state index in [1.807, 2.05) is 18.7 Å². The largest absolute Gasteiger partial charge is 0.477 e. The molecule has 0 amide bonds. The number of carboxylic acid groups (broad SMARTS) is 1. The average molecular weight is 251 g/mol. The lowest BCUT2D eigenvalue weighted by atomic mass is 10.2. The summed E-state index contributed by atoms with van der Waals surface area (Å²) in [7, 11) is 0. The number of morpholine rings is 1. The molecule has 0 spiro atoms. The zero-order valence-electron chi connectivity index (χ0n) is 10.8. The third-order valence-corrected chi connectivity index (χ3v) is 2.84. The van der Waals surface area contributed by atoms with E-state index in [1.165, 1.54) is 6.20 Å². The van der Waals surface area contributed by atoms with Crippen molar-refractivity contribution in [3.63, 3.8) is 0 Å². The van der Waals surface area contributed by atoms with Gasteiger partial charge in [0.05, 0.1) is 12.2 Å². The molecule has 18 heavy (non-hydrogen) atoms. The highest BCUT2D eigenvalue weighted by Crippen LogP contribution is 2.22. The topological polar surface area (TPSA) is 75.5 Å². The van der Waals surface area contributed by atoms with Gasteiger partial charge in [-0.15, -0.1) is 0 Å². The highest BCUT2D eigenvalue weighted by atomic mass is 16.5. The van der Waals surface area contributed by atoms with Crippen LogP contribution in [0, 0.1) is 6.92 Å². The van der Waals surface area contributed by atoms with Crippen LogP contribution in [0.5, 0.6) is 0 Å². The molecule has 2 rings (SSSR count). The molecule has 6 nitrogen and oxygen atoms in total. The van der Waals surface area contributed by atoms with Gasteiger partial charge in [0.25, 0.3) is 0 Å². The Kier molecular flexibility index (Phi) is 3.47. The summed E-state index contributed by atoms with van der Waals surface area (Å²) in [5.41, 5.74) is 0.141. The van der Waals surface area contributed by atoms with Crippen molar-refractivity contribution in [3.05, 3.63) is 17.6 Å². The van der Waals surface area contributed by atoms with Crippen LogP contribution in [-0.4, -0.2) is 46.3 Å². The summed E-state index contributed by atoms with van der Waals surface area (Å²) >= 11 is 0. The number of carboxylic acids is 1. The smallest absolute Gasteiger partial charge is 0.341 e. The Morgan fingerprint density at radius 2 is 2.06 bits per heavy atom. The molecule has 1 saturated heterocycles. The number of hydrogen-bond donors (Lipinski definition) is 1. The van der Waals surface area contributed by atoms with Crippen molar-refractivity contribution in [1.29, 1.82) is 0 Å². The number of anilines is 1. The Hall–Kier alpha value is -1.69. The van der Waals surface area contributed by atoms with E-state index in [-0.39, 0.29) is 17.8 Å². The maximum absolute atomic E-state index is 11.2. The molecule has 0 unspecified atom stereocenters. The van der Waals surface area contributed by atoms with Crippen molar-refractivity contribution in [3.8, 4) is 0 Å². The van der Waals surface area contributed by atoms with Crippen molar-refractivity contribution >= 4 is 11.8 Å². The minimum Gasteiger partial charge on any atom is -0.477 e. The van der Waals surface area contributed by atoms with Gasteiger partial charge in [0.1, 0.15) is 17.2 Å². The molecular weight excluding hydrogens is 234 g/mol. The van der Waals surface area contributed by atoms with E-state index in [0.717, 1.165) is 0 Å². The second-order valence-electron chi connectivity index (χ2n) is 4.62. The number of rotatable bonds is 2. The summed E-state index contributed by atoms with van der Waals surface area (Å²) in [6.45, 7) is 6.97. The lowest BCUT2D eigenvalue weighted by Crippen LogP contribution is -2.46. The molecule has 2 heterocycles. The molecule has 0 aromatic carbocycles. The van der Waals surface area contributed by atoms with Gasteiger partial charge in [0.15, 0.2) is 0 Å². The summed E-state index contributed by atoms with van der Waals surface area (Å²) in [5, 5.41) is 9.18. The van der Waals surface area contributed by atoms with E-state index in [2.05, 4.69) is 9.97 Å². The molecule has 98 valence electrons. The maximum atomic E-state index is 11.2. The fourth-order valence-electron chi connectivity index (χ4n) is 2.20. The highest BCUT2D eigenvalue weighted by molar-refractivity contribution is 5.93. The van der Waals surface area contributed by atoms with Gasteiger partial charge in [-0.05, 0) is 20.8 Å². The summed E-state index contributed by atoms with van der Waals surface area (Å²) < 4.78 is 5.64. The lowest BCUT2D eigenvalue weighted by Gasteiger charge is -2.36. The molecule has 1 fully saturated rings. The van der Waals surface area contributed by atoms with E-state index in [0.29, 0.717) is 24.7 Å². The first-order valence-electron chi connectivity index (χ1n) is 5.94. The SMILES string of the molecule is Cc1ncc(C(=O)O)c(N2C[C@@H](C)O[C@@H](C)C2)n1. The fourth-order valence-corrected chi connectivity index (χ4v) is 2.20. The normalized spacial score (nSPS) is 24.1. The fraction of sp³-hybridized carbons (Fsp3) is 0.583. The van der Waals surface area contributed by atoms with Crippen molar-refractivity contribution in [2.75, 3.05) is 18.0 Å². The maximum Gasteiger partial charge on any atom is 0.341 e. The second-order valence-corrected chi connectivity index (χ2v) is 4.62. The summed E-state index contributed by atoms with van der Waals surface area (Å²) in [5.74, 6) is 0.0515. The Balaban J connectivity index is 2.36. The summed E-state index contributed by atoms with van der Waals surface area (Å²) in [6.07, 6.45) is 1.49. The van der Waals surface area contributed by atoms with Crippen LogP contribution in [0.4, 0.5) is 5.82 Å². The summed E-state index contributed by atoms with van der Waals surface area (Å²) in [6, 6.07) is 0. The van der Waals surface area contributed by atoms with Crippen molar-refractivity contribution in [2.24, 2.45) is 0 Å². The van der Waals surface area contributed by atoms with E-state index in [1.54, 1.807) is 6.92 Å². The molecular formula is C12H17N3O3. The predicted octanol–water partition coefficient (Wildman–Crippen LogP) is 1.10. The van der Waals surface area contributed by atoms with Gasteiger partial charge in [-0.2, -0.15) is 0 Å². The molecule has 0 bridgehead atoms. The third kappa shape index (κ3) is 2.59. The molecule has 2 atom stereocenters. The van der Waals surface area contributed by atoms with Gasteiger partial charge in [-0.25, -0.2) is 14.8 Å². The average Bonchev–Trinajstić information content (AvgIpc) is 2.27. The first-order valence-corrected chi connectivity index (χ1v) is 5.94. The van der Waals surface area contributed by atoms with Crippen LogP contribution >= 0.6 is 0 Å². The quantitative estimate of drug-likeness (QED) is 0.848. The molecule has 1 aromatic rings. The van der Waals surface area contributed by atoms with Gasteiger partial charge in [0.2, 0.25) is 0 Å². The van der Waals surface area contributed by atoms with E-state index >= 15 is 0 Å². The van der Waals surface area contributed by atoms with Crippen molar-refractivity contribution in [1.82, 2.24) is 9.97 Å². The molecule has 1 aliphatic heterocycles. The van der Waals surface area contributed by atoms with E-state index in [4.69, 9.17) is 4.74 Å². The zero-order valence-corrected chi connectivity index (χ0v) is 10.8. The second kappa shape index (κ2) is 4.89. The standard InChI is InChI=1S/C12H17N3O3/c1-7-5-15(6-8(2)18-7)11-10(12(16)17)4-13-9(3)14-11/h4,7-8H,5-6H2,1-3H3,(H,16,17)/t7-,8+. The van der Waals surface area contributed by atoms with Crippen LogP contribution in [0.3, 0.4) is 0 Å². The number of aryl methyl sites for hydroxylation is 1. The number of carbonyl (C=O) groups is 1. The first kappa shape index (κ1) is 12.8. The number of aromatic nitrogens is 2. The first-order chi connectivity index (χ1) is 8.47. The molecule has 1 N–H and O–H groups in total. The van der Waals surface area contributed by atoms with Crippen molar-refractivity contribution < 1.29 is 14.6 Å². The van der Waals surface area contributed by atoms with Crippen LogP contribution in [-0.2, 0) is 4.74 Å². The van der Waals surface area contributed by atoms with Gasteiger partial charge in [-0.3, -0.25) is 0 Å². The Bertz CT molecular complexity index is 454. The number of hydrogen-bond acceptors (Lipinski definition) is 5. The van der Waals surface area contributed by atoms with E-state index < -0.39 is 5.97 Å². The Labute approximate surface area is 106 Å². The highest BCUT2D eigenvalue weighted by Gasteiger charge is 2.26. The van der Waals surface area contributed by atoms with Crippen LogP contribution < -0.4 is 4.90 Å². The zero-order chi connectivity index (χ0) is 13.3. The van der Waals surface area contributed by atoms with Crippen LogP contribution in [0.15, 0.2) is 6.20 Å². The monoisotopic (exact) mass is 251 g/mol. The number of ether oxygens (including phenoxy) is 1. The Morgan fingerprint density at radius 3 is 2.61 bits per heavy atom. The molecule has 1 aliphatic rings. The number of aromatic carboxylic acids is 1. The third-order valence-electron chi connectivity index (χ3n) is 2.84. The van der Waals surface area contributed by atoms with Gasteiger partial charge in [0, 0.05) is 19.3 Å². The molecule has 0 radical (unpaired) electrons. The molecule has 0 saturated carbocycles. The number of nitrogens with zero attached hydrogens (tertiary/aromatic N) is 3. The van der Waals surface area contributed by atoms with E-state index in [9.17, 15) is 9.90 Å². The Morgan fingerprint density at radius 1 is 1.44 bits per heavy atom. The van der Waals surface area contributed by atoms with Crippen LogP contribution in [0.1, 0.15) is 30.0 Å². The molecule has 6 heteroatoms. The predicted molar refractivity (Wildman–Crippen MR) is 66.0 cm³/mol. The van der Waals surface area contributed by atoms with Crippen LogP contribution in [0.25, 0.3) is 0 Å². The minimum atomic E-state index is -1.00. The van der Waals surface area contributed by atoms with Gasteiger partial charge < -0.3 is 14.7 Å². The molecule has 0 aliphatic carbocycles. The summed E-state index contributed by atoms with van der Waals surface area (Å²) in [4.78, 5) is 21.4. The van der Waals surface area contributed by atoms with Gasteiger partial charge in [-0.1, -0.05) is 0 Å².